The quantitative estimate of drug-likeness (QED) is 0.839. The van der Waals surface area contributed by atoms with Gasteiger partial charge in [0, 0.05) is 7.11 Å². The summed E-state index contributed by atoms with van der Waals surface area (Å²) in [6.45, 7) is 1.89. The lowest BCUT2D eigenvalue weighted by molar-refractivity contribution is -0.138. The molecule has 2 aromatic carbocycles. The fraction of sp³-hybridized carbons (Fsp3) is 0.267. The summed E-state index contributed by atoms with van der Waals surface area (Å²) in [4.78, 5) is 11.0. The molecule has 0 aliphatic rings. The third-order valence-corrected chi connectivity index (χ3v) is 3.05. The van der Waals surface area contributed by atoms with Crippen molar-refractivity contribution in [3.8, 4) is 5.75 Å². The van der Waals surface area contributed by atoms with Gasteiger partial charge in [-0.3, -0.25) is 4.79 Å². The Morgan fingerprint density at radius 1 is 1.21 bits per heavy atom. The van der Waals surface area contributed by atoms with Crippen molar-refractivity contribution in [3.63, 3.8) is 0 Å². The molecule has 0 aliphatic carbocycles. The summed E-state index contributed by atoms with van der Waals surface area (Å²) in [6, 6.07) is 11.3. The van der Waals surface area contributed by atoms with Crippen molar-refractivity contribution in [3.05, 3.63) is 42.0 Å². The van der Waals surface area contributed by atoms with Crippen LogP contribution in [0.25, 0.3) is 10.8 Å². The van der Waals surface area contributed by atoms with Crippen LogP contribution in [-0.4, -0.2) is 25.0 Å². The van der Waals surface area contributed by atoms with E-state index in [1.54, 1.807) is 14.0 Å². The number of carboxylic acids is 1. The van der Waals surface area contributed by atoms with Crippen molar-refractivity contribution in [1.82, 2.24) is 0 Å². The van der Waals surface area contributed by atoms with Crippen LogP contribution in [0.5, 0.6) is 5.75 Å². The molecule has 19 heavy (non-hydrogen) atoms. The normalized spacial score (nSPS) is 12.3. The topological polar surface area (TPSA) is 55.8 Å². The van der Waals surface area contributed by atoms with Gasteiger partial charge < -0.3 is 14.6 Å². The highest BCUT2D eigenvalue weighted by Gasteiger charge is 2.13. The van der Waals surface area contributed by atoms with E-state index in [4.69, 9.17) is 14.6 Å². The van der Waals surface area contributed by atoms with Crippen LogP contribution in [0.2, 0.25) is 0 Å². The Morgan fingerprint density at radius 2 is 1.89 bits per heavy atom. The van der Waals surface area contributed by atoms with E-state index in [-0.39, 0.29) is 6.79 Å². The molecule has 0 saturated carbocycles. The Labute approximate surface area is 111 Å². The number of ether oxygens (including phenoxy) is 2. The summed E-state index contributed by atoms with van der Waals surface area (Å²) in [5, 5.41) is 11.0. The molecule has 4 heteroatoms. The number of hydrogen-bond acceptors (Lipinski definition) is 3. The predicted octanol–water partition coefficient (Wildman–Crippen LogP) is 3.01. The molecule has 0 heterocycles. The highest BCUT2D eigenvalue weighted by molar-refractivity contribution is 5.86. The third-order valence-electron chi connectivity index (χ3n) is 3.05. The molecule has 0 aliphatic heterocycles. The molecule has 4 nitrogen and oxygen atoms in total. The Bertz CT molecular complexity index is 592. The minimum atomic E-state index is -0.820. The van der Waals surface area contributed by atoms with E-state index in [0.29, 0.717) is 0 Å². The molecule has 1 atom stereocenters. The molecule has 2 rings (SSSR count). The zero-order chi connectivity index (χ0) is 13.8. The second-order valence-electron chi connectivity index (χ2n) is 4.38. The van der Waals surface area contributed by atoms with E-state index < -0.39 is 11.9 Å². The Balaban J connectivity index is 2.32. The second-order valence-corrected chi connectivity index (χ2v) is 4.38. The molecule has 100 valence electrons. The van der Waals surface area contributed by atoms with Gasteiger partial charge in [-0.05, 0) is 35.4 Å². The van der Waals surface area contributed by atoms with Crippen molar-refractivity contribution in [2.24, 2.45) is 0 Å². The zero-order valence-corrected chi connectivity index (χ0v) is 10.9. The van der Waals surface area contributed by atoms with Crippen LogP contribution >= 0.6 is 0 Å². The summed E-state index contributed by atoms with van der Waals surface area (Å²) < 4.78 is 10.2. The van der Waals surface area contributed by atoms with Gasteiger partial charge in [-0.15, -0.1) is 0 Å². The number of rotatable bonds is 5. The van der Waals surface area contributed by atoms with Gasteiger partial charge in [0.15, 0.2) is 6.79 Å². The molecular weight excluding hydrogens is 244 g/mol. The molecule has 0 fully saturated rings. The van der Waals surface area contributed by atoms with E-state index in [0.717, 1.165) is 22.1 Å². The molecular formula is C15H16O4. The van der Waals surface area contributed by atoms with E-state index in [2.05, 4.69) is 0 Å². The third kappa shape index (κ3) is 3.03. The molecule has 1 unspecified atom stereocenters. The number of fused-ring (bicyclic) bond motifs is 1. The number of carboxylic acid groups (broad SMARTS) is 1. The number of benzene rings is 2. The Kier molecular flexibility index (Phi) is 4.02. The minimum Gasteiger partial charge on any atom is -0.481 e. The first-order valence-electron chi connectivity index (χ1n) is 6.00. The average molecular weight is 260 g/mol. The first kappa shape index (κ1) is 13.4. The van der Waals surface area contributed by atoms with Crippen molar-refractivity contribution in [2.75, 3.05) is 13.9 Å². The molecule has 0 saturated heterocycles. The molecule has 0 radical (unpaired) electrons. The van der Waals surface area contributed by atoms with Gasteiger partial charge in [-0.1, -0.05) is 24.3 Å². The van der Waals surface area contributed by atoms with Crippen LogP contribution in [0.15, 0.2) is 36.4 Å². The van der Waals surface area contributed by atoms with Crippen LogP contribution in [0.3, 0.4) is 0 Å². The number of aliphatic carboxylic acids is 1. The van der Waals surface area contributed by atoms with Gasteiger partial charge >= 0.3 is 5.97 Å². The predicted molar refractivity (Wildman–Crippen MR) is 72.5 cm³/mol. The smallest absolute Gasteiger partial charge is 0.310 e. The number of hydrogen-bond donors (Lipinski definition) is 1. The fourth-order valence-electron chi connectivity index (χ4n) is 1.87. The van der Waals surface area contributed by atoms with Gasteiger partial charge in [0.1, 0.15) is 5.75 Å². The summed E-state index contributed by atoms with van der Waals surface area (Å²) in [6.07, 6.45) is 0. The van der Waals surface area contributed by atoms with Crippen molar-refractivity contribution in [1.29, 1.82) is 0 Å². The van der Waals surface area contributed by atoms with Crippen LogP contribution in [-0.2, 0) is 9.53 Å². The first-order valence-corrected chi connectivity index (χ1v) is 6.00. The lowest BCUT2D eigenvalue weighted by atomic mass is 9.98. The van der Waals surface area contributed by atoms with Gasteiger partial charge in [-0.2, -0.15) is 0 Å². The van der Waals surface area contributed by atoms with E-state index in [1.165, 1.54) is 0 Å². The summed E-state index contributed by atoms with van der Waals surface area (Å²) in [5.41, 5.74) is 0.797. The highest BCUT2D eigenvalue weighted by Crippen LogP contribution is 2.25. The Morgan fingerprint density at radius 3 is 2.58 bits per heavy atom. The minimum absolute atomic E-state index is 0.208. The van der Waals surface area contributed by atoms with Crippen LogP contribution in [0.1, 0.15) is 18.4 Å². The lowest BCUT2D eigenvalue weighted by Crippen LogP contribution is -2.07. The molecule has 0 spiro atoms. The average Bonchev–Trinajstić information content (AvgIpc) is 2.43. The fourth-order valence-corrected chi connectivity index (χ4v) is 1.87. The maximum Gasteiger partial charge on any atom is 0.310 e. The van der Waals surface area contributed by atoms with Gasteiger partial charge in [0.2, 0.25) is 0 Å². The van der Waals surface area contributed by atoms with E-state index in [9.17, 15) is 4.79 Å². The maximum atomic E-state index is 11.0. The summed E-state index contributed by atoms with van der Waals surface area (Å²) >= 11 is 0. The van der Waals surface area contributed by atoms with Crippen LogP contribution < -0.4 is 4.74 Å². The maximum absolute atomic E-state index is 11.0. The zero-order valence-electron chi connectivity index (χ0n) is 10.9. The first-order chi connectivity index (χ1) is 9.11. The molecule has 0 amide bonds. The molecule has 0 bridgehead atoms. The van der Waals surface area contributed by atoms with Gasteiger partial charge in [0.05, 0.1) is 5.92 Å². The highest BCUT2D eigenvalue weighted by atomic mass is 16.7. The van der Waals surface area contributed by atoms with E-state index >= 15 is 0 Å². The standard InChI is InChI=1S/C15H16O4/c1-10(15(16)17)11-3-4-13-8-14(19-9-18-2)6-5-12(13)7-11/h3-8,10H,9H2,1-2H3,(H,16,17). The summed E-state index contributed by atoms with van der Waals surface area (Å²) in [5.74, 6) is -0.596. The summed E-state index contributed by atoms with van der Waals surface area (Å²) in [7, 11) is 1.57. The van der Waals surface area contributed by atoms with Crippen molar-refractivity contribution >= 4 is 16.7 Å². The lowest BCUT2D eigenvalue weighted by Gasteiger charge is -2.09. The van der Waals surface area contributed by atoms with Gasteiger partial charge in [0.25, 0.3) is 0 Å². The van der Waals surface area contributed by atoms with Crippen LogP contribution in [0, 0.1) is 0 Å². The van der Waals surface area contributed by atoms with Gasteiger partial charge in [-0.25, -0.2) is 0 Å². The van der Waals surface area contributed by atoms with Crippen LogP contribution in [0.4, 0.5) is 0 Å². The largest absolute Gasteiger partial charge is 0.481 e. The van der Waals surface area contributed by atoms with E-state index in [1.807, 2.05) is 36.4 Å². The van der Waals surface area contributed by atoms with Crippen molar-refractivity contribution < 1.29 is 19.4 Å². The SMILES string of the molecule is COCOc1ccc2cc(C(C)C(=O)O)ccc2c1. The van der Waals surface area contributed by atoms with Crippen molar-refractivity contribution in [2.45, 2.75) is 12.8 Å². The monoisotopic (exact) mass is 260 g/mol. The number of carbonyl (C=O) groups is 1. The molecule has 1 N–H and O–H groups in total. The second kappa shape index (κ2) is 5.71. The number of methoxy groups -OCH3 is 1. The molecule has 2 aromatic rings. The Hall–Kier alpha value is -2.07. The molecule has 0 aromatic heterocycles.